The molecule has 1 N–H and O–H groups in total. The van der Waals surface area contributed by atoms with Crippen molar-refractivity contribution in [1.29, 1.82) is 0 Å². The second-order valence-corrected chi connectivity index (χ2v) is 5.72. The Kier molecular flexibility index (Phi) is 5.06. The van der Waals surface area contributed by atoms with E-state index in [0.717, 1.165) is 18.2 Å². The van der Waals surface area contributed by atoms with Crippen LogP contribution >= 0.6 is 0 Å². The predicted octanol–water partition coefficient (Wildman–Crippen LogP) is 3.44. The van der Waals surface area contributed by atoms with Gasteiger partial charge in [-0.15, -0.1) is 0 Å². The lowest BCUT2D eigenvalue weighted by Gasteiger charge is -2.22. The number of aromatic nitrogens is 1. The summed E-state index contributed by atoms with van der Waals surface area (Å²) < 4.78 is 0. The fraction of sp³-hybridized carbons (Fsp3) is 0.200. The molecule has 0 bridgehead atoms. The molecule has 3 aromatic rings. The Morgan fingerprint density at radius 2 is 1.79 bits per heavy atom. The van der Waals surface area contributed by atoms with Crippen molar-refractivity contribution in [2.24, 2.45) is 4.99 Å². The molecule has 0 atom stereocenters. The lowest BCUT2D eigenvalue weighted by molar-refractivity contribution is 0.476. The number of rotatable bonds is 4. The monoisotopic (exact) mass is 318 g/mol. The van der Waals surface area contributed by atoms with Gasteiger partial charge in [0.15, 0.2) is 5.96 Å². The Hall–Kier alpha value is -2.88. The molecule has 2 aromatic carbocycles. The van der Waals surface area contributed by atoms with Crippen molar-refractivity contribution in [3.05, 3.63) is 78.1 Å². The number of aliphatic imine (C=N–C) groups is 1. The van der Waals surface area contributed by atoms with Crippen LogP contribution in [0.3, 0.4) is 0 Å². The molecule has 0 fully saturated rings. The van der Waals surface area contributed by atoms with Gasteiger partial charge in [-0.2, -0.15) is 0 Å². The largest absolute Gasteiger partial charge is 0.351 e. The minimum Gasteiger partial charge on any atom is -0.351 e. The third-order valence-corrected chi connectivity index (χ3v) is 4.01. The summed E-state index contributed by atoms with van der Waals surface area (Å²) in [6.07, 6.45) is 1.86. The molecule has 3 rings (SSSR count). The summed E-state index contributed by atoms with van der Waals surface area (Å²) in [4.78, 5) is 11.0. The summed E-state index contributed by atoms with van der Waals surface area (Å²) in [6, 6.07) is 20.7. The molecule has 1 aromatic heterocycles. The molecule has 0 saturated heterocycles. The number of hydrogen-bond donors (Lipinski definition) is 1. The zero-order valence-electron chi connectivity index (χ0n) is 14.1. The summed E-state index contributed by atoms with van der Waals surface area (Å²) in [6.45, 7) is 1.45. The molecule has 4 heteroatoms. The average molecular weight is 318 g/mol. The lowest BCUT2D eigenvalue weighted by Crippen LogP contribution is -2.38. The number of nitrogens with zero attached hydrogens (tertiary/aromatic N) is 3. The van der Waals surface area contributed by atoms with E-state index in [1.807, 2.05) is 37.5 Å². The van der Waals surface area contributed by atoms with Crippen molar-refractivity contribution in [3.8, 4) is 0 Å². The summed E-state index contributed by atoms with van der Waals surface area (Å²) in [5, 5.41) is 5.79. The van der Waals surface area contributed by atoms with Gasteiger partial charge < -0.3 is 10.2 Å². The molecular formula is C20H22N4. The number of guanidine groups is 1. The quantitative estimate of drug-likeness (QED) is 0.592. The van der Waals surface area contributed by atoms with Crippen LogP contribution in [0.25, 0.3) is 10.8 Å². The van der Waals surface area contributed by atoms with Gasteiger partial charge in [0.25, 0.3) is 0 Å². The SMILES string of the molecule is CN=C(NCc1nccc2ccccc12)N(C)Cc1ccccc1. The molecule has 0 aliphatic rings. The second-order valence-electron chi connectivity index (χ2n) is 5.72. The summed E-state index contributed by atoms with van der Waals surface area (Å²) in [5.74, 6) is 0.855. The van der Waals surface area contributed by atoms with E-state index in [2.05, 4.69) is 56.6 Å². The number of hydrogen-bond acceptors (Lipinski definition) is 2. The fourth-order valence-electron chi connectivity index (χ4n) is 2.80. The number of benzene rings is 2. The third-order valence-electron chi connectivity index (χ3n) is 4.01. The first-order valence-corrected chi connectivity index (χ1v) is 8.06. The Balaban J connectivity index is 1.69. The zero-order chi connectivity index (χ0) is 16.8. The highest BCUT2D eigenvalue weighted by molar-refractivity contribution is 5.85. The average Bonchev–Trinajstić information content (AvgIpc) is 2.63. The van der Waals surface area contributed by atoms with Gasteiger partial charge in [0, 0.05) is 32.2 Å². The van der Waals surface area contributed by atoms with Crippen molar-refractivity contribution < 1.29 is 0 Å². The van der Waals surface area contributed by atoms with E-state index >= 15 is 0 Å². The van der Waals surface area contributed by atoms with E-state index in [9.17, 15) is 0 Å². The molecule has 0 spiro atoms. The van der Waals surface area contributed by atoms with Crippen LogP contribution in [-0.4, -0.2) is 29.9 Å². The topological polar surface area (TPSA) is 40.5 Å². The lowest BCUT2D eigenvalue weighted by atomic mass is 10.1. The molecule has 24 heavy (non-hydrogen) atoms. The molecule has 122 valence electrons. The maximum Gasteiger partial charge on any atom is 0.194 e. The molecule has 0 saturated carbocycles. The van der Waals surface area contributed by atoms with Crippen LogP contribution in [0.15, 0.2) is 71.9 Å². The molecule has 0 unspecified atom stereocenters. The van der Waals surface area contributed by atoms with Gasteiger partial charge in [0.2, 0.25) is 0 Å². The van der Waals surface area contributed by atoms with Crippen LogP contribution in [0.4, 0.5) is 0 Å². The number of pyridine rings is 1. The minimum absolute atomic E-state index is 0.646. The van der Waals surface area contributed by atoms with Crippen LogP contribution in [0.2, 0.25) is 0 Å². The van der Waals surface area contributed by atoms with E-state index in [-0.39, 0.29) is 0 Å². The molecular weight excluding hydrogens is 296 g/mol. The van der Waals surface area contributed by atoms with Gasteiger partial charge in [-0.1, -0.05) is 54.6 Å². The van der Waals surface area contributed by atoms with Crippen LogP contribution in [-0.2, 0) is 13.1 Å². The summed E-state index contributed by atoms with van der Waals surface area (Å²) in [7, 11) is 3.85. The van der Waals surface area contributed by atoms with Gasteiger partial charge in [-0.3, -0.25) is 9.98 Å². The molecule has 1 heterocycles. The first kappa shape index (κ1) is 16.0. The van der Waals surface area contributed by atoms with Crippen LogP contribution in [0.1, 0.15) is 11.3 Å². The van der Waals surface area contributed by atoms with Crippen molar-refractivity contribution in [3.63, 3.8) is 0 Å². The Labute approximate surface area is 142 Å². The second kappa shape index (κ2) is 7.59. The van der Waals surface area contributed by atoms with Gasteiger partial charge in [-0.05, 0) is 17.0 Å². The van der Waals surface area contributed by atoms with E-state index in [4.69, 9.17) is 0 Å². The Bertz CT molecular complexity index is 822. The highest BCUT2D eigenvalue weighted by Crippen LogP contribution is 2.16. The normalized spacial score (nSPS) is 11.5. The highest BCUT2D eigenvalue weighted by atomic mass is 15.3. The van der Waals surface area contributed by atoms with Crippen LogP contribution in [0, 0.1) is 0 Å². The van der Waals surface area contributed by atoms with Crippen molar-refractivity contribution >= 4 is 16.7 Å². The van der Waals surface area contributed by atoms with Gasteiger partial charge in [-0.25, -0.2) is 0 Å². The molecule has 0 amide bonds. The first-order valence-electron chi connectivity index (χ1n) is 8.06. The Morgan fingerprint density at radius 1 is 1.04 bits per heavy atom. The van der Waals surface area contributed by atoms with Crippen LogP contribution in [0.5, 0.6) is 0 Å². The fourth-order valence-corrected chi connectivity index (χ4v) is 2.80. The number of nitrogens with one attached hydrogen (secondary N) is 1. The van der Waals surface area contributed by atoms with Gasteiger partial charge in [0.1, 0.15) is 0 Å². The van der Waals surface area contributed by atoms with E-state index in [1.54, 1.807) is 7.05 Å². The maximum atomic E-state index is 4.52. The zero-order valence-corrected chi connectivity index (χ0v) is 14.1. The Morgan fingerprint density at radius 3 is 2.58 bits per heavy atom. The number of fused-ring (bicyclic) bond motifs is 1. The predicted molar refractivity (Wildman–Crippen MR) is 99.9 cm³/mol. The highest BCUT2D eigenvalue weighted by Gasteiger charge is 2.08. The minimum atomic E-state index is 0.646. The summed E-state index contributed by atoms with van der Waals surface area (Å²) >= 11 is 0. The molecule has 0 aliphatic heterocycles. The van der Waals surface area contributed by atoms with Crippen molar-refractivity contribution in [2.75, 3.05) is 14.1 Å². The van der Waals surface area contributed by atoms with Crippen molar-refractivity contribution in [1.82, 2.24) is 15.2 Å². The third kappa shape index (κ3) is 3.71. The van der Waals surface area contributed by atoms with E-state index in [1.165, 1.54) is 16.3 Å². The van der Waals surface area contributed by atoms with E-state index in [0.29, 0.717) is 6.54 Å². The van der Waals surface area contributed by atoms with Gasteiger partial charge in [0.05, 0.1) is 12.2 Å². The summed E-state index contributed by atoms with van der Waals surface area (Å²) in [5.41, 5.74) is 2.29. The van der Waals surface area contributed by atoms with E-state index < -0.39 is 0 Å². The van der Waals surface area contributed by atoms with Crippen LogP contribution < -0.4 is 5.32 Å². The van der Waals surface area contributed by atoms with Gasteiger partial charge >= 0.3 is 0 Å². The first-order chi connectivity index (χ1) is 11.8. The molecule has 0 aliphatic carbocycles. The smallest absolute Gasteiger partial charge is 0.194 e. The molecule has 4 nitrogen and oxygen atoms in total. The standard InChI is InChI=1S/C20H22N4/c1-21-20(24(2)15-16-8-4-3-5-9-16)23-14-19-18-11-7-6-10-17(18)12-13-22-19/h3-13H,14-15H2,1-2H3,(H,21,23). The van der Waals surface area contributed by atoms with Crippen molar-refractivity contribution in [2.45, 2.75) is 13.1 Å². The molecule has 0 radical (unpaired) electrons. The maximum absolute atomic E-state index is 4.52.